The molecule has 0 aromatic carbocycles. The maximum absolute atomic E-state index is 11.7. The third kappa shape index (κ3) is 1.85. The van der Waals surface area contributed by atoms with Crippen LogP contribution in [0.15, 0.2) is 0 Å². The van der Waals surface area contributed by atoms with Gasteiger partial charge in [-0.1, -0.05) is 13.3 Å². The van der Waals surface area contributed by atoms with E-state index in [2.05, 4.69) is 0 Å². The topological polar surface area (TPSA) is 43.1 Å². The summed E-state index contributed by atoms with van der Waals surface area (Å²) in [4.78, 5) is 11.7. The van der Waals surface area contributed by atoms with Crippen molar-refractivity contribution in [1.82, 2.24) is 0 Å². The second-order valence-corrected chi connectivity index (χ2v) is 5.12. The first-order valence-corrected chi connectivity index (χ1v) is 5.99. The molecule has 0 saturated heterocycles. The number of hydrogen-bond acceptors (Lipinski definition) is 2. The van der Waals surface area contributed by atoms with E-state index in [1.54, 1.807) is 0 Å². The highest BCUT2D eigenvalue weighted by atomic mass is 16.1. The second-order valence-electron chi connectivity index (χ2n) is 5.12. The summed E-state index contributed by atoms with van der Waals surface area (Å²) >= 11 is 0. The number of fused-ring (bicyclic) bond motifs is 2. The maximum Gasteiger partial charge on any atom is 0.149 e. The van der Waals surface area contributed by atoms with Crippen LogP contribution in [0, 0.1) is 17.8 Å². The average Bonchev–Trinajstić information content (AvgIpc) is 2.77. The van der Waals surface area contributed by atoms with E-state index in [0.29, 0.717) is 11.7 Å². The SMILES string of the molecule is CCC(N)C(=O)CC1CC2CCC1C2. The van der Waals surface area contributed by atoms with Gasteiger partial charge in [-0.25, -0.2) is 0 Å². The van der Waals surface area contributed by atoms with E-state index in [4.69, 9.17) is 5.73 Å². The Morgan fingerprint density at radius 1 is 1.43 bits per heavy atom. The van der Waals surface area contributed by atoms with E-state index in [1.165, 1.54) is 25.7 Å². The van der Waals surface area contributed by atoms with Crippen LogP contribution in [0.1, 0.15) is 45.4 Å². The Balaban J connectivity index is 1.84. The molecule has 2 rings (SSSR count). The Morgan fingerprint density at radius 2 is 2.21 bits per heavy atom. The highest BCUT2D eigenvalue weighted by Gasteiger charge is 2.40. The van der Waals surface area contributed by atoms with E-state index in [9.17, 15) is 4.79 Å². The van der Waals surface area contributed by atoms with Crippen LogP contribution >= 0.6 is 0 Å². The van der Waals surface area contributed by atoms with Crippen LogP contribution in [0.25, 0.3) is 0 Å². The summed E-state index contributed by atoms with van der Waals surface area (Å²) in [6, 6.07) is -0.200. The Kier molecular flexibility index (Phi) is 2.91. The zero-order valence-electron chi connectivity index (χ0n) is 9.04. The molecule has 2 heteroatoms. The fourth-order valence-electron chi connectivity index (χ4n) is 3.26. The van der Waals surface area contributed by atoms with Gasteiger partial charge in [0.1, 0.15) is 5.78 Å². The van der Waals surface area contributed by atoms with Crippen molar-refractivity contribution < 1.29 is 4.79 Å². The van der Waals surface area contributed by atoms with Crippen LogP contribution < -0.4 is 5.73 Å². The predicted molar refractivity (Wildman–Crippen MR) is 56.8 cm³/mol. The zero-order valence-corrected chi connectivity index (χ0v) is 9.04. The number of hydrogen-bond donors (Lipinski definition) is 1. The first-order chi connectivity index (χ1) is 6.70. The standard InChI is InChI=1S/C12H21NO/c1-2-11(13)12(14)7-10-6-8-3-4-9(10)5-8/h8-11H,2-7,13H2,1H3. The third-order valence-corrected chi connectivity index (χ3v) is 4.20. The van der Waals surface area contributed by atoms with Gasteiger partial charge >= 0.3 is 0 Å². The lowest BCUT2D eigenvalue weighted by Gasteiger charge is -2.21. The third-order valence-electron chi connectivity index (χ3n) is 4.20. The van der Waals surface area contributed by atoms with Gasteiger partial charge in [0, 0.05) is 6.42 Å². The molecule has 2 N–H and O–H groups in total. The van der Waals surface area contributed by atoms with Crippen molar-refractivity contribution in [2.45, 2.75) is 51.5 Å². The lowest BCUT2D eigenvalue weighted by Crippen LogP contribution is -2.31. The lowest BCUT2D eigenvalue weighted by atomic mass is 9.84. The van der Waals surface area contributed by atoms with E-state index < -0.39 is 0 Å². The minimum atomic E-state index is -0.200. The first kappa shape index (κ1) is 10.2. The number of carbonyl (C=O) groups is 1. The van der Waals surface area contributed by atoms with E-state index >= 15 is 0 Å². The number of carbonyl (C=O) groups excluding carboxylic acids is 1. The minimum absolute atomic E-state index is 0.200. The van der Waals surface area contributed by atoms with Gasteiger partial charge in [-0.15, -0.1) is 0 Å². The van der Waals surface area contributed by atoms with Crippen LogP contribution in [0.2, 0.25) is 0 Å². The molecule has 0 spiro atoms. The Labute approximate surface area is 86.2 Å². The van der Waals surface area contributed by atoms with Gasteiger partial charge in [0.2, 0.25) is 0 Å². The molecule has 0 amide bonds. The molecule has 0 radical (unpaired) electrons. The maximum atomic E-state index is 11.7. The van der Waals surface area contributed by atoms with E-state index in [-0.39, 0.29) is 6.04 Å². The van der Waals surface area contributed by atoms with Crippen molar-refractivity contribution in [1.29, 1.82) is 0 Å². The normalized spacial score (nSPS) is 37.4. The average molecular weight is 195 g/mol. The van der Waals surface area contributed by atoms with E-state index in [1.807, 2.05) is 6.92 Å². The van der Waals surface area contributed by atoms with Crippen molar-refractivity contribution in [2.24, 2.45) is 23.5 Å². The molecule has 4 atom stereocenters. The molecule has 2 bridgehead atoms. The first-order valence-electron chi connectivity index (χ1n) is 5.99. The summed E-state index contributed by atoms with van der Waals surface area (Å²) < 4.78 is 0. The lowest BCUT2D eigenvalue weighted by molar-refractivity contribution is -0.121. The largest absolute Gasteiger partial charge is 0.322 e. The van der Waals surface area contributed by atoms with Gasteiger partial charge in [0.05, 0.1) is 6.04 Å². The summed E-state index contributed by atoms with van der Waals surface area (Å²) in [5.74, 6) is 2.77. The molecule has 0 aromatic heterocycles. The Morgan fingerprint density at radius 3 is 2.71 bits per heavy atom. The number of nitrogens with two attached hydrogens (primary N) is 1. The smallest absolute Gasteiger partial charge is 0.149 e. The van der Waals surface area contributed by atoms with Gasteiger partial charge < -0.3 is 5.73 Å². The van der Waals surface area contributed by atoms with Gasteiger partial charge in [-0.3, -0.25) is 4.79 Å². The molecule has 0 heterocycles. The van der Waals surface area contributed by atoms with Gasteiger partial charge in [-0.2, -0.15) is 0 Å². The molecule has 2 nitrogen and oxygen atoms in total. The van der Waals surface area contributed by atoms with Crippen molar-refractivity contribution >= 4 is 5.78 Å². The molecule has 80 valence electrons. The van der Waals surface area contributed by atoms with Gasteiger partial charge in [0.15, 0.2) is 0 Å². The summed E-state index contributed by atoms with van der Waals surface area (Å²) in [5, 5.41) is 0. The highest BCUT2D eigenvalue weighted by molar-refractivity contribution is 5.83. The van der Waals surface area contributed by atoms with E-state index in [0.717, 1.165) is 24.7 Å². The van der Waals surface area contributed by atoms with Crippen molar-refractivity contribution in [3.8, 4) is 0 Å². The van der Waals surface area contributed by atoms with Crippen molar-refractivity contribution in [2.75, 3.05) is 0 Å². The quantitative estimate of drug-likeness (QED) is 0.746. The van der Waals surface area contributed by atoms with Crippen LogP contribution in [0.4, 0.5) is 0 Å². The summed E-state index contributed by atoms with van der Waals surface area (Å²) in [6.07, 6.45) is 7.02. The fraction of sp³-hybridized carbons (Fsp3) is 0.917. The van der Waals surface area contributed by atoms with Gasteiger partial charge in [0.25, 0.3) is 0 Å². The van der Waals surface area contributed by atoms with Crippen LogP contribution in [0.5, 0.6) is 0 Å². The Bertz CT molecular complexity index is 226. The van der Waals surface area contributed by atoms with Crippen molar-refractivity contribution in [3.63, 3.8) is 0 Å². The monoisotopic (exact) mass is 195 g/mol. The Hall–Kier alpha value is -0.370. The highest BCUT2D eigenvalue weighted by Crippen LogP contribution is 2.49. The number of rotatable bonds is 4. The summed E-state index contributed by atoms with van der Waals surface area (Å²) in [5.41, 5.74) is 5.74. The molecule has 0 aliphatic heterocycles. The predicted octanol–water partition coefficient (Wildman–Crippen LogP) is 2.12. The van der Waals surface area contributed by atoms with Crippen molar-refractivity contribution in [3.05, 3.63) is 0 Å². The fourth-order valence-corrected chi connectivity index (χ4v) is 3.26. The molecule has 2 aliphatic rings. The molecule has 2 aliphatic carbocycles. The van der Waals surface area contributed by atoms with Crippen LogP contribution in [-0.2, 0) is 4.79 Å². The molecule has 2 saturated carbocycles. The zero-order chi connectivity index (χ0) is 10.1. The van der Waals surface area contributed by atoms with Crippen LogP contribution in [-0.4, -0.2) is 11.8 Å². The summed E-state index contributed by atoms with van der Waals surface area (Å²) in [7, 11) is 0. The second kappa shape index (κ2) is 4.01. The number of ketones is 1. The molecule has 2 fully saturated rings. The number of Topliss-reactive ketones (excluding diaryl/α,β-unsaturated/α-hetero) is 1. The van der Waals surface area contributed by atoms with Crippen LogP contribution in [0.3, 0.4) is 0 Å². The molecule has 0 aromatic rings. The molecule has 4 unspecified atom stereocenters. The summed E-state index contributed by atoms with van der Waals surface area (Å²) in [6.45, 7) is 1.99. The molecular weight excluding hydrogens is 174 g/mol. The molecule has 14 heavy (non-hydrogen) atoms. The van der Waals surface area contributed by atoms with Gasteiger partial charge in [-0.05, 0) is 43.4 Å². The molecular formula is C12H21NO. The minimum Gasteiger partial charge on any atom is -0.322 e.